The summed E-state index contributed by atoms with van der Waals surface area (Å²) in [6.45, 7) is 6.01. The van der Waals surface area contributed by atoms with E-state index in [4.69, 9.17) is 4.74 Å². The molecule has 0 radical (unpaired) electrons. The molecule has 1 rings (SSSR count). The van der Waals surface area contributed by atoms with E-state index < -0.39 is 6.10 Å². The van der Waals surface area contributed by atoms with Crippen LogP contribution in [0.2, 0.25) is 0 Å². The van der Waals surface area contributed by atoms with E-state index in [1.807, 2.05) is 6.92 Å². The van der Waals surface area contributed by atoms with E-state index in [1.54, 1.807) is 19.9 Å². The van der Waals surface area contributed by atoms with Gasteiger partial charge in [-0.25, -0.2) is 4.39 Å². The topological polar surface area (TPSA) is 29.5 Å². The molecule has 0 spiro atoms. The summed E-state index contributed by atoms with van der Waals surface area (Å²) in [5.74, 6) is -0.285. The standard InChI is InChI=1S/C12H17FO2/c1-4-15-9(3)12(14)11-6-5-10(13)7-8(11)2/h5-7,9,12,14H,4H2,1-3H3. The van der Waals surface area contributed by atoms with Crippen LogP contribution in [0, 0.1) is 12.7 Å². The average Bonchev–Trinajstić information content (AvgIpc) is 2.17. The zero-order valence-electron chi connectivity index (χ0n) is 9.33. The van der Waals surface area contributed by atoms with Crippen LogP contribution in [-0.2, 0) is 4.74 Å². The van der Waals surface area contributed by atoms with Gasteiger partial charge in [0.05, 0.1) is 6.10 Å². The van der Waals surface area contributed by atoms with E-state index in [0.29, 0.717) is 6.61 Å². The quantitative estimate of drug-likeness (QED) is 0.831. The van der Waals surface area contributed by atoms with Crippen LogP contribution < -0.4 is 0 Å². The molecule has 1 aromatic carbocycles. The smallest absolute Gasteiger partial charge is 0.123 e. The van der Waals surface area contributed by atoms with Gasteiger partial charge < -0.3 is 9.84 Å². The van der Waals surface area contributed by atoms with Gasteiger partial charge >= 0.3 is 0 Å². The molecule has 84 valence electrons. The van der Waals surface area contributed by atoms with Crippen LogP contribution in [0.3, 0.4) is 0 Å². The summed E-state index contributed by atoms with van der Waals surface area (Å²) in [6, 6.07) is 4.37. The number of hydrogen-bond acceptors (Lipinski definition) is 2. The highest BCUT2D eigenvalue weighted by Crippen LogP contribution is 2.22. The molecule has 0 aliphatic heterocycles. The number of hydrogen-bond donors (Lipinski definition) is 1. The summed E-state index contributed by atoms with van der Waals surface area (Å²) < 4.78 is 18.1. The molecular formula is C12H17FO2. The minimum atomic E-state index is -0.703. The summed E-state index contributed by atoms with van der Waals surface area (Å²) in [4.78, 5) is 0. The van der Waals surface area contributed by atoms with Gasteiger partial charge in [-0.15, -0.1) is 0 Å². The predicted octanol–water partition coefficient (Wildman–Crippen LogP) is 2.59. The highest BCUT2D eigenvalue weighted by molar-refractivity contribution is 5.29. The lowest BCUT2D eigenvalue weighted by atomic mass is 10.00. The maximum Gasteiger partial charge on any atom is 0.123 e. The van der Waals surface area contributed by atoms with Crippen molar-refractivity contribution in [2.24, 2.45) is 0 Å². The Hall–Kier alpha value is -0.930. The molecule has 0 saturated heterocycles. The molecule has 2 unspecified atom stereocenters. The minimum Gasteiger partial charge on any atom is -0.386 e. The Morgan fingerprint density at radius 1 is 1.47 bits per heavy atom. The third kappa shape index (κ3) is 3.01. The second-order valence-electron chi connectivity index (χ2n) is 3.61. The lowest BCUT2D eigenvalue weighted by Crippen LogP contribution is -2.19. The van der Waals surface area contributed by atoms with Crippen LogP contribution in [0.4, 0.5) is 4.39 Å². The first-order valence-corrected chi connectivity index (χ1v) is 5.12. The molecule has 1 aromatic rings. The molecule has 0 heterocycles. The minimum absolute atomic E-state index is 0.279. The van der Waals surface area contributed by atoms with Gasteiger partial charge in [0.15, 0.2) is 0 Å². The lowest BCUT2D eigenvalue weighted by molar-refractivity contribution is -0.0230. The summed E-state index contributed by atoms with van der Waals surface area (Å²) in [6.07, 6.45) is -0.982. The Labute approximate surface area is 89.7 Å². The van der Waals surface area contributed by atoms with Gasteiger partial charge in [0.2, 0.25) is 0 Å². The van der Waals surface area contributed by atoms with Crippen LogP contribution in [0.15, 0.2) is 18.2 Å². The maximum atomic E-state index is 12.8. The molecule has 0 bridgehead atoms. The molecular weight excluding hydrogens is 195 g/mol. The van der Waals surface area contributed by atoms with Gasteiger partial charge in [-0.1, -0.05) is 6.07 Å². The highest BCUT2D eigenvalue weighted by Gasteiger charge is 2.18. The van der Waals surface area contributed by atoms with Crippen molar-refractivity contribution in [1.29, 1.82) is 0 Å². The molecule has 0 aliphatic carbocycles. The van der Waals surface area contributed by atoms with E-state index >= 15 is 0 Å². The Morgan fingerprint density at radius 3 is 2.67 bits per heavy atom. The third-order valence-corrected chi connectivity index (χ3v) is 2.42. The number of aliphatic hydroxyl groups is 1. The van der Waals surface area contributed by atoms with Gasteiger partial charge in [0, 0.05) is 6.61 Å². The molecule has 2 atom stereocenters. The van der Waals surface area contributed by atoms with Gasteiger partial charge in [-0.3, -0.25) is 0 Å². The van der Waals surface area contributed by atoms with Crippen molar-refractivity contribution >= 4 is 0 Å². The first-order valence-electron chi connectivity index (χ1n) is 5.12. The van der Waals surface area contributed by atoms with Crippen LogP contribution in [-0.4, -0.2) is 17.8 Å². The molecule has 0 fully saturated rings. The number of rotatable bonds is 4. The van der Waals surface area contributed by atoms with Crippen LogP contribution in [0.5, 0.6) is 0 Å². The summed E-state index contributed by atoms with van der Waals surface area (Å²) >= 11 is 0. The van der Waals surface area contributed by atoms with E-state index in [2.05, 4.69) is 0 Å². The number of benzene rings is 1. The molecule has 0 amide bonds. The fourth-order valence-corrected chi connectivity index (χ4v) is 1.58. The summed E-state index contributed by atoms with van der Waals surface area (Å²) in [5.41, 5.74) is 1.46. The SMILES string of the molecule is CCOC(C)C(O)c1ccc(F)cc1C. The van der Waals surface area contributed by atoms with Crippen LogP contribution in [0.25, 0.3) is 0 Å². The average molecular weight is 212 g/mol. The molecule has 15 heavy (non-hydrogen) atoms. The predicted molar refractivity (Wildman–Crippen MR) is 57.2 cm³/mol. The van der Waals surface area contributed by atoms with Gasteiger partial charge in [0.1, 0.15) is 11.9 Å². The number of halogens is 1. The summed E-state index contributed by atoms with van der Waals surface area (Å²) in [5, 5.41) is 9.94. The first-order chi connectivity index (χ1) is 7.06. The van der Waals surface area contributed by atoms with Crippen molar-refractivity contribution in [3.8, 4) is 0 Å². The maximum absolute atomic E-state index is 12.8. The molecule has 2 nitrogen and oxygen atoms in total. The second-order valence-corrected chi connectivity index (χ2v) is 3.61. The van der Waals surface area contributed by atoms with Gasteiger partial charge in [-0.05, 0) is 44.0 Å². The Morgan fingerprint density at radius 2 is 2.13 bits per heavy atom. The van der Waals surface area contributed by atoms with E-state index in [1.165, 1.54) is 12.1 Å². The first kappa shape index (κ1) is 12.1. The number of aliphatic hydroxyl groups excluding tert-OH is 1. The number of ether oxygens (including phenoxy) is 1. The van der Waals surface area contributed by atoms with Crippen LogP contribution >= 0.6 is 0 Å². The normalized spacial score (nSPS) is 15.0. The van der Waals surface area contributed by atoms with Crippen molar-refractivity contribution in [3.63, 3.8) is 0 Å². The zero-order valence-corrected chi connectivity index (χ0v) is 9.33. The molecule has 0 aromatic heterocycles. The fraction of sp³-hybridized carbons (Fsp3) is 0.500. The lowest BCUT2D eigenvalue weighted by Gasteiger charge is -2.20. The van der Waals surface area contributed by atoms with Crippen LogP contribution in [0.1, 0.15) is 31.1 Å². The molecule has 0 saturated carbocycles. The highest BCUT2D eigenvalue weighted by atomic mass is 19.1. The second kappa shape index (κ2) is 5.24. The van der Waals surface area contributed by atoms with Crippen molar-refractivity contribution in [2.75, 3.05) is 6.61 Å². The van der Waals surface area contributed by atoms with Crippen molar-refractivity contribution in [3.05, 3.63) is 35.1 Å². The van der Waals surface area contributed by atoms with Crippen molar-refractivity contribution < 1.29 is 14.2 Å². The van der Waals surface area contributed by atoms with Crippen molar-refractivity contribution in [1.82, 2.24) is 0 Å². The van der Waals surface area contributed by atoms with Gasteiger partial charge in [-0.2, -0.15) is 0 Å². The van der Waals surface area contributed by atoms with E-state index in [9.17, 15) is 9.50 Å². The summed E-state index contributed by atoms with van der Waals surface area (Å²) in [7, 11) is 0. The van der Waals surface area contributed by atoms with Gasteiger partial charge in [0.25, 0.3) is 0 Å². The van der Waals surface area contributed by atoms with E-state index in [0.717, 1.165) is 11.1 Å². The monoisotopic (exact) mass is 212 g/mol. The third-order valence-electron chi connectivity index (χ3n) is 2.42. The zero-order chi connectivity index (χ0) is 11.4. The van der Waals surface area contributed by atoms with Crippen molar-refractivity contribution in [2.45, 2.75) is 33.0 Å². The molecule has 0 aliphatic rings. The number of aryl methyl sites for hydroxylation is 1. The van der Waals surface area contributed by atoms with E-state index in [-0.39, 0.29) is 11.9 Å². The molecule has 1 N–H and O–H groups in total. The Balaban J connectivity index is 2.86. The molecule has 3 heteroatoms. The largest absolute Gasteiger partial charge is 0.386 e. The fourth-order valence-electron chi connectivity index (χ4n) is 1.58. The Bertz CT molecular complexity index is 325. The Kier molecular flexibility index (Phi) is 4.24.